The van der Waals surface area contributed by atoms with E-state index in [0.717, 1.165) is 12.5 Å². The SMILES string of the molecule is CN1Cc2[nH]nc(I)c2C1C1CC1. The monoisotopic (exact) mass is 289 g/mol. The van der Waals surface area contributed by atoms with Crippen LogP contribution >= 0.6 is 22.6 Å². The Kier molecular flexibility index (Phi) is 1.71. The fourth-order valence-corrected chi connectivity index (χ4v) is 3.12. The van der Waals surface area contributed by atoms with Crippen molar-refractivity contribution in [2.45, 2.75) is 25.4 Å². The molecule has 4 heteroatoms. The fourth-order valence-electron chi connectivity index (χ4n) is 2.36. The molecule has 0 bridgehead atoms. The lowest BCUT2D eigenvalue weighted by molar-refractivity contribution is 0.240. The van der Waals surface area contributed by atoms with Crippen molar-refractivity contribution < 1.29 is 0 Å². The number of aromatic nitrogens is 2. The molecule has 1 unspecified atom stereocenters. The van der Waals surface area contributed by atoms with Crippen molar-refractivity contribution in [3.05, 3.63) is 15.0 Å². The van der Waals surface area contributed by atoms with Crippen molar-refractivity contribution >= 4 is 22.6 Å². The summed E-state index contributed by atoms with van der Waals surface area (Å²) in [5, 5.41) is 7.40. The second-order valence-corrected chi connectivity index (χ2v) is 5.13. The molecular formula is C9H12IN3. The predicted octanol–water partition coefficient (Wildman–Crippen LogP) is 1.91. The van der Waals surface area contributed by atoms with E-state index in [1.807, 2.05) is 0 Å². The number of fused-ring (bicyclic) bond motifs is 1. The Bertz CT molecular complexity index is 343. The number of nitrogens with zero attached hydrogens (tertiary/aromatic N) is 2. The molecule has 1 aromatic heterocycles. The summed E-state index contributed by atoms with van der Waals surface area (Å²) in [5.74, 6) is 0.900. The minimum absolute atomic E-state index is 0.653. The summed E-state index contributed by atoms with van der Waals surface area (Å²) in [6.45, 7) is 1.05. The summed E-state index contributed by atoms with van der Waals surface area (Å²) < 4.78 is 1.17. The first-order valence-corrected chi connectivity index (χ1v) is 5.78. The third kappa shape index (κ3) is 1.15. The van der Waals surface area contributed by atoms with Crippen molar-refractivity contribution in [3.63, 3.8) is 0 Å². The minimum Gasteiger partial charge on any atom is -0.293 e. The van der Waals surface area contributed by atoms with Gasteiger partial charge in [-0.2, -0.15) is 5.10 Å². The largest absolute Gasteiger partial charge is 0.293 e. The highest BCUT2D eigenvalue weighted by Gasteiger charge is 2.42. The van der Waals surface area contributed by atoms with Crippen LogP contribution in [-0.2, 0) is 6.54 Å². The lowest BCUT2D eigenvalue weighted by Gasteiger charge is -2.19. The van der Waals surface area contributed by atoms with Crippen molar-refractivity contribution in [1.29, 1.82) is 0 Å². The molecule has 70 valence electrons. The molecule has 1 aliphatic carbocycles. The van der Waals surface area contributed by atoms with Gasteiger partial charge in [0.15, 0.2) is 0 Å². The van der Waals surface area contributed by atoms with Crippen LogP contribution in [0.15, 0.2) is 0 Å². The van der Waals surface area contributed by atoms with Gasteiger partial charge in [-0.15, -0.1) is 0 Å². The van der Waals surface area contributed by atoms with E-state index in [1.165, 1.54) is 27.8 Å². The van der Waals surface area contributed by atoms with E-state index in [-0.39, 0.29) is 0 Å². The third-order valence-electron chi connectivity index (χ3n) is 3.08. The van der Waals surface area contributed by atoms with Gasteiger partial charge < -0.3 is 0 Å². The average molecular weight is 289 g/mol. The van der Waals surface area contributed by atoms with E-state index >= 15 is 0 Å². The Morgan fingerprint density at radius 3 is 3.00 bits per heavy atom. The predicted molar refractivity (Wildman–Crippen MR) is 58.2 cm³/mol. The molecule has 1 atom stereocenters. The Morgan fingerprint density at radius 1 is 1.54 bits per heavy atom. The van der Waals surface area contributed by atoms with Gasteiger partial charge >= 0.3 is 0 Å². The summed E-state index contributed by atoms with van der Waals surface area (Å²) in [6, 6.07) is 0.653. The Labute approximate surface area is 91.0 Å². The Hall–Kier alpha value is -0.100. The van der Waals surface area contributed by atoms with Gasteiger partial charge in [-0.3, -0.25) is 10.00 Å². The van der Waals surface area contributed by atoms with Crippen LogP contribution in [0, 0.1) is 9.62 Å². The van der Waals surface area contributed by atoms with Crippen LogP contribution in [0.1, 0.15) is 30.1 Å². The first-order chi connectivity index (χ1) is 6.27. The number of H-pyrrole nitrogens is 1. The highest BCUT2D eigenvalue weighted by molar-refractivity contribution is 14.1. The molecule has 2 heterocycles. The van der Waals surface area contributed by atoms with Crippen LogP contribution < -0.4 is 0 Å². The van der Waals surface area contributed by atoms with Gasteiger partial charge in [0.05, 0.1) is 5.69 Å². The summed E-state index contributed by atoms with van der Waals surface area (Å²) in [5.41, 5.74) is 2.81. The molecule has 1 aliphatic heterocycles. The quantitative estimate of drug-likeness (QED) is 0.801. The van der Waals surface area contributed by atoms with Crippen molar-refractivity contribution in [2.24, 2.45) is 5.92 Å². The van der Waals surface area contributed by atoms with Crippen LogP contribution in [0.25, 0.3) is 0 Å². The Balaban J connectivity index is 2.05. The van der Waals surface area contributed by atoms with E-state index in [4.69, 9.17) is 0 Å². The number of hydrogen-bond donors (Lipinski definition) is 1. The van der Waals surface area contributed by atoms with E-state index in [1.54, 1.807) is 0 Å². The number of rotatable bonds is 1. The normalized spacial score (nSPS) is 28.0. The number of hydrogen-bond acceptors (Lipinski definition) is 2. The molecule has 1 saturated carbocycles. The topological polar surface area (TPSA) is 31.9 Å². The van der Waals surface area contributed by atoms with Gasteiger partial charge in [-0.25, -0.2) is 0 Å². The van der Waals surface area contributed by atoms with Gasteiger partial charge in [-0.05, 0) is 48.4 Å². The van der Waals surface area contributed by atoms with Crippen molar-refractivity contribution in [1.82, 2.24) is 15.1 Å². The van der Waals surface area contributed by atoms with Crippen LogP contribution in [0.4, 0.5) is 0 Å². The highest BCUT2D eigenvalue weighted by Crippen LogP contribution is 2.49. The molecule has 2 aliphatic rings. The van der Waals surface area contributed by atoms with Gasteiger partial charge in [0.2, 0.25) is 0 Å². The molecule has 13 heavy (non-hydrogen) atoms. The van der Waals surface area contributed by atoms with Crippen LogP contribution in [0.5, 0.6) is 0 Å². The molecule has 0 radical (unpaired) electrons. The van der Waals surface area contributed by atoms with Gasteiger partial charge in [0.25, 0.3) is 0 Å². The van der Waals surface area contributed by atoms with E-state index in [0.29, 0.717) is 6.04 Å². The molecule has 1 N–H and O–H groups in total. The summed E-state index contributed by atoms with van der Waals surface area (Å²) in [4.78, 5) is 2.45. The molecule has 3 rings (SSSR count). The summed E-state index contributed by atoms with van der Waals surface area (Å²) in [7, 11) is 2.22. The minimum atomic E-state index is 0.653. The Morgan fingerprint density at radius 2 is 2.31 bits per heavy atom. The molecule has 0 aromatic carbocycles. The highest BCUT2D eigenvalue weighted by atomic mass is 127. The number of halogens is 1. The number of aromatic amines is 1. The maximum atomic E-state index is 4.27. The molecule has 0 spiro atoms. The van der Waals surface area contributed by atoms with E-state index in [9.17, 15) is 0 Å². The van der Waals surface area contributed by atoms with E-state index < -0.39 is 0 Å². The van der Waals surface area contributed by atoms with Crippen molar-refractivity contribution in [3.8, 4) is 0 Å². The van der Waals surface area contributed by atoms with Crippen LogP contribution in [-0.4, -0.2) is 22.1 Å². The average Bonchev–Trinajstić information content (AvgIpc) is 2.79. The standard InChI is InChI=1S/C9H12IN3/c1-13-4-6-7(9(10)12-11-6)8(13)5-2-3-5/h5,8H,2-4H2,1H3,(H,11,12). The molecule has 1 fully saturated rings. The molecule has 1 aromatic rings. The number of nitrogens with one attached hydrogen (secondary N) is 1. The van der Waals surface area contributed by atoms with Crippen LogP contribution in [0.2, 0.25) is 0 Å². The zero-order valence-corrected chi connectivity index (χ0v) is 9.71. The molecule has 3 nitrogen and oxygen atoms in total. The van der Waals surface area contributed by atoms with Gasteiger partial charge in [0.1, 0.15) is 3.70 Å². The lowest BCUT2D eigenvalue weighted by atomic mass is 10.1. The first kappa shape index (κ1) is 8.23. The second-order valence-electron chi connectivity index (χ2n) is 4.10. The summed E-state index contributed by atoms with van der Waals surface area (Å²) >= 11 is 2.34. The first-order valence-electron chi connectivity index (χ1n) is 4.70. The maximum Gasteiger partial charge on any atom is 0.128 e. The van der Waals surface area contributed by atoms with Gasteiger partial charge in [0, 0.05) is 18.2 Å². The second kappa shape index (κ2) is 2.70. The molecule has 0 amide bonds. The third-order valence-corrected chi connectivity index (χ3v) is 3.91. The lowest BCUT2D eigenvalue weighted by Crippen LogP contribution is -2.19. The maximum absolute atomic E-state index is 4.27. The molecular weight excluding hydrogens is 277 g/mol. The zero-order chi connectivity index (χ0) is 9.00. The van der Waals surface area contributed by atoms with Crippen molar-refractivity contribution in [2.75, 3.05) is 7.05 Å². The van der Waals surface area contributed by atoms with E-state index in [2.05, 4.69) is 44.7 Å². The fraction of sp³-hybridized carbons (Fsp3) is 0.667. The van der Waals surface area contributed by atoms with Crippen LogP contribution in [0.3, 0.4) is 0 Å². The van der Waals surface area contributed by atoms with Gasteiger partial charge in [-0.1, -0.05) is 0 Å². The zero-order valence-electron chi connectivity index (χ0n) is 7.55. The smallest absolute Gasteiger partial charge is 0.128 e. The summed E-state index contributed by atoms with van der Waals surface area (Å²) in [6.07, 6.45) is 2.80. The molecule has 0 saturated heterocycles.